The van der Waals surface area contributed by atoms with E-state index in [-0.39, 0.29) is 11.4 Å². The van der Waals surface area contributed by atoms with Crippen molar-refractivity contribution in [2.75, 3.05) is 5.32 Å². The van der Waals surface area contributed by atoms with Crippen LogP contribution in [0.1, 0.15) is 13.8 Å². The number of carbonyl (C=O) groups is 1. The monoisotopic (exact) mass is 206 g/mol. The van der Waals surface area contributed by atoms with Crippen LogP contribution in [0.15, 0.2) is 16.9 Å². The first-order valence-electron chi connectivity index (χ1n) is 4.24. The Labute approximate surface area is 85.9 Å². The van der Waals surface area contributed by atoms with Crippen molar-refractivity contribution < 1.29 is 4.79 Å². The SMILES string of the molecule is CC(C)(C#N)C(=O)Nc1ccc(=O)[nH]n1. The van der Waals surface area contributed by atoms with Gasteiger partial charge in [-0.25, -0.2) is 5.10 Å². The molecule has 6 nitrogen and oxygen atoms in total. The van der Waals surface area contributed by atoms with Gasteiger partial charge < -0.3 is 5.32 Å². The van der Waals surface area contributed by atoms with Gasteiger partial charge in [-0.05, 0) is 19.9 Å². The fourth-order valence-electron chi connectivity index (χ4n) is 0.737. The molecular weight excluding hydrogens is 196 g/mol. The molecule has 78 valence electrons. The molecule has 1 amide bonds. The fourth-order valence-corrected chi connectivity index (χ4v) is 0.737. The third-order valence-electron chi connectivity index (χ3n) is 1.77. The van der Waals surface area contributed by atoms with E-state index in [1.54, 1.807) is 0 Å². The Morgan fingerprint density at radius 3 is 2.73 bits per heavy atom. The van der Waals surface area contributed by atoms with Crippen molar-refractivity contribution >= 4 is 11.7 Å². The zero-order valence-electron chi connectivity index (χ0n) is 8.37. The molecule has 0 unspecified atom stereocenters. The number of rotatable bonds is 2. The highest BCUT2D eigenvalue weighted by Gasteiger charge is 2.27. The minimum Gasteiger partial charge on any atom is -0.308 e. The van der Waals surface area contributed by atoms with Crippen molar-refractivity contribution in [3.8, 4) is 6.07 Å². The van der Waals surface area contributed by atoms with Gasteiger partial charge in [-0.15, -0.1) is 0 Å². The Bertz CT molecular complexity index is 449. The van der Waals surface area contributed by atoms with Crippen LogP contribution < -0.4 is 10.9 Å². The molecule has 1 aromatic heterocycles. The van der Waals surface area contributed by atoms with Crippen molar-refractivity contribution in [2.45, 2.75) is 13.8 Å². The number of hydrogen-bond acceptors (Lipinski definition) is 4. The number of amides is 1. The number of anilines is 1. The van der Waals surface area contributed by atoms with E-state index in [9.17, 15) is 9.59 Å². The maximum Gasteiger partial charge on any atom is 0.264 e. The Hall–Kier alpha value is -2.16. The number of nitrogens with one attached hydrogen (secondary N) is 2. The van der Waals surface area contributed by atoms with Crippen LogP contribution >= 0.6 is 0 Å². The summed E-state index contributed by atoms with van der Waals surface area (Å²) in [6.07, 6.45) is 0. The lowest BCUT2D eigenvalue weighted by Gasteiger charge is -2.13. The van der Waals surface area contributed by atoms with Gasteiger partial charge >= 0.3 is 0 Å². The van der Waals surface area contributed by atoms with Crippen LogP contribution in [0.2, 0.25) is 0 Å². The topological polar surface area (TPSA) is 98.6 Å². The van der Waals surface area contributed by atoms with Crippen LogP contribution in [0.5, 0.6) is 0 Å². The first kappa shape index (κ1) is 10.9. The number of aromatic nitrogens is 2. The third kappa shape index (κ3) is 2.64. The standard InChI is InChI=1S/C9H10N4O2/c1-9(2,5-10)8(15)11-6-3-4-7(14)13-12-6/h3-4H,1-2H3,(H,13,14)(H,11,12,15). The average molecular weight is 206 g/mol. The average Bonchev–Trinajstić information content (AvgIpc) is 2.21. The van der Waals surface area contributed by atoms with Gasteiger partial charge in [0.2, 0.25) is 5.91 Å². The predicted molar refractivity (Wildman–Crippen MR) is 52.9 cm³/mol. The second-order valence-corrected chi connectivity index (χ2v) is 3.50. The Balaban J connectivity index is 2.81. The van der Waals surface area contributed by atoms with Gasteiger partial charge in [0.15, 0.2) is 5.82 Å². The van der Waals surface area contributed by atoms with Gasteiger partial charge in [0.1, 0.15) is 5.41 Å². The minimum atomic E-state index is -1.13. The zero-order valence-corrected chi connectivity index (χ0v) is 8.37. The van der Waals surface area contributed by atoms with Crippen molar-refractivity contribution in [2.24, 2.45) is 5.41 Å². The van der Waals surface area contributed by atoms with Crippen LogP contribution in [0.25, 0.3) is 0 Å². The summed E-state index contributed by atoms with van der Waals surface area (Å²) in [6, 6.07) is 4.46. The number of hydrogen-bond donors (Lipinski definition) is 2. The smallest absolute Gasteiger partial charge is 0.264 e. The number of carbonyl (C=O) groups excluding carboxylic acids is 1. The highest BCUT2D eigenvalue weighted by molar-refractivity contribution is 5.95. The maximum atomic E-state index is 11.5. The van der Waals surface area contributed by atoms with Crippen molar-refractivity contribution in [1.29, 1.82) is 5.26 Å². The van der Waals surface area contributed by atoms with Gasteiger partial charge in [-0.3, -0.25) is 9.59 Å². The molecule has 0 saturated heterocycles. The van der Waals surface area contributed by atoms with E-state index < -0.39 is 11.3 Å². The second-order valence-electron chi connectivity index (χ2n) is 3.50. The molecule has 0 bridgehead atoms. The van der Waals surface area contributed by atoms with E-state index in [2.05, 4.69) is 15.5 Å². The lowest BCUT2D eigenvalue weighted by molar-refractivity contribution is -0.121. The Morgan fingerprint density at radius 1 is 1.60 bits per heavy atom. The van der Waals surface area contributed by atoms with Crippen molar-refractivity contribution in [3.05, 3.63) is 22.5 Å². The second kappa shape index (κ2) is 3.92. The largest absolute Gasteiger partial charge is 0.308 e. The van der Waals surface area contributed by atoms with Crippen molar-refractivity contribution in [3.63, 3.8) is 0 Å². The normalized spacial score (nSPS) is 10.5. The number of H-pyrrole nitrogens is 1. The summed E-state index contributed by atoms with van der Waals surface area (Å²) in [6.45, 7) is 2.99. The fraction of sp³-hybridized carbons (Fsp3) is 0.333. The molecule has 0 radical (unpaired) electrons. The summed E-state index contributed by atoms with van der Waals surface area (Å²) in [5.41, 5.74) is -1.48. The molecule has 1 aromatic rings. The molecule has 0 atom stereocenters. The zero-order chi connectivity index (χ0) is 11.5. The highest BCUT2D eigenvalue weighted by Crippen LogP contribution is 2.15. The van der Waals surface area contributed by atoms with E-state index >= 15 is 0 Å². The van der Waals surface area contributed by atoms with E-state index in [0.717, 1.165) is 0 Å². The van der Waals surface area contributed by atoms with Crippen LogP contribution in [-0.4, -0.2) is 16.1 Å². The summed E-state index contributed by atoms with van der Waals surface area (Å²) in [5, 5.41) is 16.9. The van der Waals surface area contributed by atoms with Crippen molar-refractivity contribution in [1.82, 2.24) is 10.2 Å². The molecule has 0 aliphatic rings. The van der Waals surface area contributed by atoms with E-state index in [4.69, 9.17) is 5.26 Å². The summed E-state index contributed by atoms with van der Waals surface area (Å²) in [7, 11) is 0. The first-order chi connectivity index (χ1) is 6.95. The summed E-state index contributed by atoms with van der Waals surface area (Å²) in [5.74, 6) is -0.257. The molecule has 0 aliphatic heterocycles. The van der Waals surface area contributed by atoms with Gasteiger partial charge in [0.05, 0.1) is 6.07 Å². The van der Waals surface area contributed by atoms with E-state index in [0.29, 0.717) is 0 Å². The molecule has 1 heterocycles. The molecule has 2 N–H and O–H groups in total. The summed E-state index contributed by atoms with van der Waals surface area (Å²) < 4.78 is 0. The first-order valence-corrected chi connectivity index (χ1v) is 4.24. The minimum absolute atomic E-state index is 0.211. The van der Waals surface area contributed by atoms with E-state index in [1.807, 2.05) is 6.07 Å². The summed E-state index contributed by atoms with van der Waals surface area (Å²) in [4.78, 5) is 22.2. The maximum absolute atomic E-state index is 11.5. The molecule has 0 spiro atoms. The number of nitrogens with zero attached hydrogens (tertiary/aromatic N) is 2. The van der Waals surface area contributed by atoms with Crippen LogP contribution in [0.3, 0.4) is 0 Å². The Kier molecular flexibility index (Phi) is 2.85. The van der Waals surface area contributed by atoms with Crippen LogP contribution in [0.4, 0.5) is 5.82 Å². The third-order valence-corrected chi connectivity index (χ3v) is 1.77. The number of nitriles is 1. The van der Waals surface area contributed by atoms with Crippen LogP contribution in [0, 0.1) is 16.7 Å². The predicted octanol–water partition coefficient (Wildman–Crippen LogP) is 0.258. The van der Waals surface area contributed by atoms with Gasteiger partial charge in [-0.1, -0.05) is 0 Å². The number of aromatic amines is 1. The van der Waals surface area contributed by atoms with Gasteiger partial charge in [0, 0.05) is 6.07 Å². The molecule has 0 fully saturated rings. The molecule has 0 saturated carbocycles. The molecule has 1 rings (SSSR count). The molecule has 0 aliphatic carbocycles. The quantitative estimate of drug-likeness (QED) is 0.724. The Morgan fingerprint density at radius 2 is 2.27 bits per heavy atom. The lowest BCUT2D eigenvalue weighted by atomic mass is 9.95. The van der Waals surface area contributed by atoms with Crippen LogP contribution in [-0.2, 0) is 4.79 Å². The molecule has 0 aromatic carbocycles. The lowest BCUT2D eigenvalue weighted by Crippen LogP contribution is -2.29. The van der Waals surface area contributed by atoms with E-state index in [1.165, 1.54) is 26.0 Å². The summed E-state index contributed by atoms with van der Waals surface area (Å²) >= 11 is 0. The molecule has 6 heteroatoms. The molecular formula is C9H10N4O2. The highest BCUT2D eigenvalue weighted by atomic mass is 16.2. The van der Waals surface area contributed by atoms with Gasteiger partial charge in [-0.2, -0.15) is 10.4 Å². The molecule has 15 heavy (non-hydrogen) atoms. The van der Waals surface area contributed by atoms with Gasteiger partial charge in [0.25, 0.3) is 5.56 Å².